The van der Waals surface area contributed by atoms with Crippen molar-refractivity contribution >= 4 is 50.8 Å². The van der Waals surface area contributed by atoms with Crippen molar-refractivity contribution in [3.63, 3.8) is 0 Å². The lowest BCUT2D eigenvalue weighted by molar-refractivity contribution is -0.114. The van der Waals surface area contributed by atoms with Gasteiger partial charge in [0.25, 0.3) is 11.8 Å². The number of halogens is 1. The van der Waals surface area contributed by atoms with Crippen LogP contribution in [0.3, 0.4) is 0 Å². The Morgan fingerprint density at radius 3 is 2.52 bits per heavy atom. The summed E-state index contributed by atoms with van der Waals surface area (Å²) in [5.74, 6) is 0.247. The predicted molar refractivity (Wildman–Crippen MR) is 114 cm³/mol. The van der Waals surface area contributed by atoms with E-state index in [1.807, 2.05) is 12.1 Å². The van der Waals surface area contributed by atoms with Crippen LogP contribution in [-0.2, 0) is 4.79 Å². The third-order valence-electron chi connectivity index (χ3n) is 4.03. The van der Waals surface area contributed by atoms with Crippen LogP contribution in [0.1, 0.15) is 15.9 Å². The van der Waals surface area contributed by atoms with Gasteiger partial charge in [-0.05, 0) is 56.6 Å². The van der Waals surface area contributed by atoms with Gasteiger partial charge in [-0.1, -0.05) is 15.9 Å². The first kappa shape index (κ1) is 19.7. The van der Waals surface area contributed by atoms with Crippen LogP contribution in [-0.4, -0.2) is 43.1 Å². The lowest BCUT2D eigenvalue weighted by Gasteiger charge is -2.18. The minimum atomic E-state index is -0.408. The Balaban J connectivity index is 1.74. The molecule has 2 aromatic carbocycles. The fraction of sp³-hybridized carbons (Fsp3) is 0.200. The van der Waals surface area contributed by atoms with Crippen molar-refractivity contribution in [2.45, 2.75) is 4.90 Å². The minimum Gasteiger partial charge on any atom is -0.361 e. The average Bonchev–Trinajstić information content (AvgIpc) is 2.62. The third kappa shape index (κ3) is 5.00. The Hall–Kier alpha value is -2.09. The van der Waals surface area contributed by atoms with Gasteiger partial charge in [0, 0.05) is 44.7 Å². The maximum Gasteiger partial charge on any atom is 0.260 e. The maximum absolute atomic E-state index is 12.3. The van der Waals surface area contributed by atoms with E-state index in [0.717, 1.165) is 22.5 Å². The minimum absolute atomic E-state index is 0.376. The van der Waals surface area contributed by atoms with Gasteiger partial charge in [0.1, 0.15) is 0 Å². The average molecular weight is 446 g/mol. The molecule has 0 atom stereocenters. The molecule has 2 amide bonds. The van der Waals surface area contributed by atoms with Crippen molar-refractivity contribution in [2.24, 2.45) is 0 Å². The molecule has 0 saturated heterocycles. The monoisotopic (exact) mass is 445 g/mol. The van der Waals surface area contributed by atoms with E-state index >= 15 is 0 Å². The molecule has 0 radical (unpaired) electrons. The smallest absolute Gasteiger partial charge is 0.260 e. The van der Waals surface area contributed by atoms with E-state index in [0.29, 0.717) is 16.7 Å². The van der Waals surface area contributed by atoms with Crippen molar-refractivity contribution in [1.82, 2.24) is 10.2 Å². The Kier molecular flexibility index (Phi) is 6.36. The molecule has 1 aliphatic rings. The van der Waals surface area contributed by atoms with Crippen LogP contribution < -0.4 is 10.6 Å². The molecule has 2 N–H and O–H groups in total. The molecule has 7 heteroatoms. The first-order valence-electron chi connectivity index (χ1n) is 8.44. The van der Waals surface area contributed by atoms with Crippen LogP contribution in [0.15, 0.2) is 58.0 Å². The van der Waals surface area contributed by atoms with Crippen LogP contribution in [0.4, 0.5) is 5.69 Å². The number of amides is 2. The molecule has 0 aromatic heterocycles. The summed E-state index contributed by atoms with van der Waals surface area (Å²) in [7, 11) is 4.12. The Morgan fingerprint density at radius 2 is 1.81 bits per heavy atom. The largest absolute Gasteiger partial charge is 0.361 e. The number of nitrogens with zero attached hydrogens (tertiary/aromatic N) is 1. The molecule has 3 rings (SSSR count). The molecule has 1 aliphatic heterocycles. The number of imide groups is 1. The summed E-state index contributed by atoms with van der Waals surface area (Å²) in [4.78, 5) is 27.6. The van der Waals surface area contributed by atoms with E-state index < -0.39 is 5.91 Å². The highest BCUT2D eigenvalue weighted by molar-refractivity contribution is 9.10. The van der Waals surface area contributed by atoms with Gasteiger partial charge in [0.05, 0.1) is 5.57 Å². The molecule has 0 bridgehead atoms. The predicted octanol–water partition coefficient (Wildman–Crippen LogP) is 3.83. The summed E-state index contributed by atoms with van der Waals surface area (Å²) in [5.41, 5.74) is 2.40. The molecular formula is C20H20BrN3O2S. The molecule has 0 spiro atoms. The number of anilines is 1. The topological polar surface area (TPSA) is 61.4 Å². The molecule has 0 unspecified atom stereocenters. The van der Waals surface area contributed by atoms with Gasteiger partial charge in [0.2, 0.25) is 0 Å². The van der Waals surface area contributed by atoms with E-state index in [1.165, 1.54) is 4.90 Å². The van der Waals surface area contributed by atoms with Crippen LogP contribution in [0, 0.1) is 0 Å². The molecule has 2 aromatic rings. The fourth-order valence-electron chi connectivity index (χ4n) is 2.59. The van der Waals surface area contributed by atoms with Crippen molar-refractivity contribution in [3.05, 3.63) is 64.3 Å². The first-order chi connectivity index (χ1) is 12.9. The summed E-state index contributed by atoms with van der Waals surface area (Å²) >= 11 is 5.20. The van der Waals surface area contributed by atoms with Crippen molar-refractivity contribution in [2.75, 3.05) is 31.7 Å². The van der Waals surface area contributed by atoms with Crippen LogP contribution in [0.5, 0.6) is 0 Å². The zero-order valence-corrected chi connectivity index (χ0v) is 17.5. The number of hydrogen-bond donors (Lipinski definition) is 2. The molecule has 140 valence electrons. The molecule has 0 saturated carbocycles. The molecule has 0 fully saturated rings. The van der Waals surface area contributed by atoms with Crippen LogP contribution >= 0.6 is 27.7 Å². The van der Waals surface area contributed by atoms with Crippen molar-refractivity contribution in [3.8, 4) is 0 Å². The van der Waals surface area contributed by atoms with E-state index in [2.05, 4.69) is 57.7 Å². The summed E-state index contributed by atoms with van der Waals surface area (Å²) in [6.07, 6.45) is 1.64. The summed E-state index contributed by atoms with van der Waals surface area (Å²) in [5, 5.41) is 5.53. The number of carbonyl (C=O) groups excluding carboxylic acids is 2. The maximum atomic E-state index is 12.3. The van der Waals surface area contributed by atoms with E-state index in [9.17, 15) is 9.59 Å². The number of benzene rings is 2. The number of fused-ring (bicyclic) bond motifs is 1. The lowest BCUT2D eigenvalue weighted by Crippen LogP contribution is -2.36. The van der Waals surface area contributed by atoms with E-state index in [1.54, 1.807) is 36.2 Å². The zero-order valence-electron chi connectivity index (χ0n) is 15.1. The van der Waals surface area contributed by atoms with Gasteiger partial charge < -0.3 is 10.2 Å². The molecule has 0 aliphatic carbocycles. The van der Waals surface area contributed by atoms with Gasteiger partial charge in [-0.15, -0.1) is 11.8 Å². The van der Waals surface area contributed by atoms with Crippen molar-refractivity contribution < 1.29 is 9.59 Å². The third-order valence-corrected chi connectivity index (χ3v) is 5.52. The standard InChI is InChI=1S/C20H20BrN3O2S/c1-24(2)9-10-27-15-6-4-14(5-7-15)22-12-18-17-11-13(21)3-8-16(17)19(25)23-20(18)26/h3-8,11-12,22H,9-10H2,1-2H3,(H,23,25,26). The molecular weight excluding hydrogens is 426 g/mol. The van der Waals surface area contributed by atoms with Crippen molar-refractivity contribution in [1.29, 1.82) is 0 Å². The SMILES string of the molecule is CN(C)CCSc1ccc(NC=C2C(=O)NC(=O)c3ccc(Br)cc32)cc1. The highest BCUT2D eigenvalue weighted by Gasteiger charge is 2.27. The summed E-state index contributed by atoms with van der Waals surface area (Å²) in [6.45, 7) is 1.03. The Labute approximate surface area is 171 Å². The number of nitrogens with one attached hydrogen (secondary N) is 2. The second-order valence-corrected chi connectivity index (χ2v) is 8.44. The number of hydrogen-bond acceptors (Lipinski definition) is 5. The van der Waals surface area contributed by atoms with Gasteiger partial charge in [0.15, 0.2) is 0 Å². The quantitative estimate of drug-likeness (QED) is 0.401. The highest BCUT2D eigenvalue weighted by Crippen LogP contribution is 2.27. The normalized spacial score (nSPS) is 15.0. The molecule has 5 nitrogen and oxygen atoms in total. The Morgan fingerprint density at radius 1 is 1.07 bits per heavy atom. The highest BCUT2D eigenvalue weighted by atomic mass is 79.9. The first-order valence-corrected chi connectivity index (χ1v) is 10.2. The summed E-state index contributed by atoms with van der Waals surface area (Å²) in [6, 6.07) is 13.3. The summed E-state index contributed by atoms with van der Waals surface area (Å²) < 4.78 is 0.814. The fourth-order valence-corrected chi connectivity index (χ4v) is 3.97. The van der Waals surface area contributed by atoms with Gasteiger partial charge in [-0.3, -0.25) is 14.9 Å². The second-order valence-electron chi connectivity index (χ2n) is 6.35. The van der Waals surface area contributed by atoms with Gasteiger partial charge in [-0.25, -0.2) is 0 Å². The molecule has 27 heavy (non-hydrogen) atoms. The number of carbonyl (C=O) groups is 2. The van der Waals surface area contributed by atoms with Gasteiger partial charge in [-0.2, -0.15) is 0 Å². The van der Waals surface area contributed by atoms with Crippen LogP contribution in [0.2, 0.25) is 0 Å². The lowest BCUT2D eigenvalue weighted by atomic mass is 9.95. The molecule has 1 heterocycles. The van der Waals surface area contributed by atoms with E-state index in [4.69, 9.17) is 0 Å². The van der Waals surface area contributed by atoms with Gasteiger partial charge >= 0.3 is 0 Å². The van der Waals surface area contributed by atoms with E-state index in [-0.39, 0.29) is 5.91 Å². The zero-order chi connectivity index (χ0) is 19.4. The number of rotatable bonds is 6. The Bertz CT molecular complexity index is 895. The number of thioether (sulfide) groups is 1. The second kappa shape index (κ2) is 8.73. The van der Waals surface area contributed by atoms with Crippen LogP contribution in [0.25, 0.3) is 5.57 Å².